The zero-order valence-electron chi connectivity index (χ0n) is 13.0. The molecule has 1 aromatic carbocycles. The minimum absolute atomic E-state index is 0.0465. The first kappa shape index (κ1) is 15.4. The fraction of sp³-hybridized carbons (Fsp3) is 0.235. The molecule has 0 aliphatic heterocycles. The molecular formula is C17H17N3O2S. The van der Waals surface area contributed by atoms with Gasteiger partial charge in [0.1, 0.15) is 11.4 Å². The minimum Gasteiger partial charge on any atom is -0.324 e. The Balaban J connectivity index is 1.84. The van der Waals surface area contributed by atoms with Crippen LogP contribution >= 0.6 is 11.3 Å². The molecule has 0 atom stereocenters. The molecule has 1 N–H and O–H groups in total. The predicted octanol–water partition coefficient (Wildman–Crippen LogP) is 2.97. The lowest BCUT2D eigenvalue weighted by Gasteiger charge is -2.13. The summed E-state index contributed by atoms with van der Waals surface area (Å²) in [5, 5.41) is 5.30. The van der Waals surface area contributed by atoms with Crippen LogP contribution in [0.1, 0.15) is 18.1 Å². The molecule has 0 aliphatic carbocycles. The van der Waals surface area contributed by atoms with E-state index in [1.165, 1.54) is 22.2 Å². The second-order valence-corrected chi connectivity index (χ2v) is 6.22. The number of thiophene rings is 1. The summed E-state index contributed by atoms with van der Waals surface area (Å²) in [7, 11) is 0. The van der Waals surface area contributed by atoms with Crippen molar-refractivity contribution in [2.45, 2.75) is 26.8 Å². The first-order valence-corrected chi connectivity index (χ1v) is 8.29. The number of aryl methyl sites for hydroxylation is 2. The molecule has 2 aromatic heterocycles. The molecule has 0 unspecified atom stereocenters. The minimum atomic E-state index is -0.229. The van der Waals surface area contributed by atoms with Crippen molar-refractivity contribution in [3.8, 4) is 0 Å². The van der Waals surface area contributed by atoms with E-state index in [1.807, 2.05) is 37.4 Å². The molecule has 118 valence electrons. The van der Waals surface area contributed by atoms with Gasteiger partial charge in [-0.05, 0) is 35.9 Å². The lowest BCUT2D eigenvalue weighted by atomic mass is 10.1. The molecule has 0 bridgehead atoms. The summed E-state index contributed by atoms with van der Waals surface area (Å²) in [6.45, 7) is 3.96. The summed E-state index contributed by atoms with van der Waals surface area (Å²) in [6, 6.07) is 7.66. The van der Waals surface area contributed by atoms with Crippen LogP contribution in [0.3, 0.4) is 0 Å². The maximum atomic E-state index is 12.3. The Morgan fingerprint density at radius 1 is 1.35 bits per heavy atom. The molecule has 2 heterocycles. The second kappa shape index (κ2) is 6.34. The molecule has 0 saturated carbocycles. The van der Waals surface area contributed by atoms with Crippen molar-refractivity contribution < 1.29 is 4.79 Å². The fourth-order valence-corrected chi connectivity index (χ4v) is 3.26. The first-order valence-electron chi connectivity index (χ1n) is 7.41. The third-order valence-electron chi connectivity index (χ3n) is 3.77. The Labute approximate surface area is 137 Å². The van der Waals surface area contributed by atoms with Gasteiger partial charge in [-0.1, -0.05) is 25.1 Å². The smallest absolute Gasteiger partial charge is 0.262 e. The molecule has 5 nitrogen and oxygen atoms in total. The van der Waals surface area contributed by atoms with Gasteiger partial charge in [-0.3, -0.25) is 14.2 Å². The van der Waals surface area contributed by atoms with Gasteiger partial charge in [0.15, 0.2) is 0 Å². The van der Waals surface area contributed by atoms with Crippen molar-refractivity contribution >= 4 is 33.1 Å². The first-order chi connectivity index (χ1) is 11.1. The quantitative estimate of drug-likeness (QED) is 0.801. The maximum Gasteiger partial charge on any atom is 0.262 e. The molecule has 23 heavy (non-hydrogen) atoms. The van der Waals surface area contributed by atoms with Crippen molar-refractivity contribution in [2.24, 2.45) is 0 Å². The van der Waals surface area contributed by atoms with Gasteiger partial charge in [-0.15, -0.1) is 11.3 Å². The Morgan fingerprint density at radius 2 is 2.17 bits per heavy atom. The highest BCUT2D eigenvalue weighted by Crippen LogP contribution is 2.21. The number of rotatable bonds is 4. The number of nitrogens with zero attached hydrogens (tertiary/aromatic N) is 2. The van der Waals surface area contributed by atoms with Crippen molar-refractivity contribution in [1.82, 2.24) is 9.55 Å². The van der Waals surface area contributed by atoms with Gasteiger partial charge in [0.25, 0.3) is 5.56 Å². The molecule has 0 aliphatic rings. The molecule has 1 amide bonds. The van der Waals surface area contributed by atoms with E-state index >= 15 is 0 Å². The van der Waals surface area contributed by atoms with E-state index in [0.717, 1.165) is 23.2 Å². The molecular weight excluding hydrogens is 310 g/mol. The number of anilines is 1. The average molecular weight is 327 g/mol. The van der Waals surface area contributed by atoms with Gasteiger partial charge in [0, 0.05) is 5.69 Å². The molecule has 6 heteroatoms. The van der Waals surface area contributed by atoms with Gasteiger partial charge in [-0.25, -0.2) is 4.98 Å². The van der Waals surface area contributed by atoms with Gasteiger partial charge < -0.3 is 5.32 Å². The Morgan fingerprint density at radius 3 is 2.96 bits per heavy atom. The Kier molecular flexibility index (Phi) is 4.25. The van der Waals surface area contributed by atoms with E-state index in [0.29, 0.717) is 10.2 Å². The van der Waals surface area contributed by atoms with E-state index in [2.05, 4.69) is 10.3 Å². The van der Waals surface area contributed by atoms with Crippen LogP contribution in [0.5, 0.6) is 0 Å². The van der Waals surface area contributed by atoms with Crippen LogP contribution < -0.4 is 10.9 Å². The highest BCUT2D eigenvalue weighted by Gasteiger charge is 2.11. The number of hydrogen-bond acceptors (Lipinski definition) is 4. The third kappa shape index (κ3) is 3.03. The van der Waals surface area contributed by atoms with E-state index in [1.54, 1.807) is 6.07 Å². The SMILES string of the molecule is CCc1cccc(C)c1NC(=O)Cn1cnc2sccc2c1=O. The van der Waals surface area contributed by atoms with Crippen LogP contribution in [0.15, 0.2) is 40.8 Å². The Hall–Kier alpha value is -2.47. The number of para-hydroxylation sites is 1. The number of carbonyl (C=O) groups is 1. The fourth-order valence-electron chi connectivity index (χ4n) is 2.54. The number of amides is 1. The van der Waals surface area contributed by atoms with E-state index in [-0.39, 0.29) is 18.0 Å². The summed E-state index contributed by atoms with van der Waals surface area (Å²) in [5.41, 5.74) is 2.73. The van der Waals surface area contributed by atoms with E-state index in [9.17, 15) is 9.59 Å². The average Bonchev–Trinajstić information content (AvgIpc) is 3.01. The Bertz CT molecular complexity index is 927. The number of benzene rings is 1. The third-order valence-corrected chi connectivity index (χ3v) is 4.59. The van der Waals surface area contributed by atoms with Crippen LogP contribution in [0.2, 0.25) is 0 Å². The van der Waals surface area contributed by atoms with Crippen molar-refractivity contribution in [1.29, 1.82) is 0 Å². The summed E-state index contributed by atoms with van der Waals surface area (Å²) >= 11 is 1.41. The summed E-state index contributed by atoms with van der Waals surface area (Å²) in [5.74, 6) is -0.229. The number of carbonyl (C=O) groups excluding carboxylic acids is 1. The second-order valence-electron chi connectivity index (χ2n) is 5.33. The van der Waals surface area contributed by atoms with Crippen LogP contribution in [-0.2, 0) is 17.8 Å². The van der Waals surface area contributed by atoms with Gasteiger partial charge in [0.2, 0.25) is 5.91 Å². The van der Waals surface area contributed by atoms with E-state index < -0.39 is 0 Å². The lowest BCUT2D eigenvalue weighted by Crippen LogP contribution is -2.28. The standard InChI is InChI=1S/C17H17N3O2S/c1-3-12-6-4-5-11(2)15(12)19-14(21)9-20-10-18-16-13(17(20)22)7-8-23-16/h4-8,10H,3,9H2,1-2H3,(H,19,21). The molecule has 0 radical (unpaired) electrons. The molecule has 3 aromatic rings. The van der Waals surface area contributed by atoms with Gasteiger partial charge >= 0.3 is 0 Å². The normalized spacial score (nSPS) is 10.9. The van der Waals surface area contributed by atoms with Crippen molar-refractivity contribution in [3.05, 3.63) is 57.5 Å². The maximum absolute atomic E-state index is 12.3. The number of hydrogen-bond donors (Lipinski definition) is 1. The number of aromatic nitrogens is 2. The zero-order chi connectivity index (χ0) is 16.4. The largest absolute Gasteiger partial charge is 0.324 e. The topological polar surface area (TPSA) is 64.0 Å². The lowest BCUT2D eigenvalue weighted by molar-refractivity contribution is -0.116. The summed E-state index contributed by atoms with van der Waals surface area (Å²) in [6.07, 6.45) is 2.26. The predicted molar refractivity (Wildman–Crippen MR) is 93.1 cm³/mol. The van der Waals surface area contributed by atoms with Crippen molar-refractivity contribution in [2.75, 3.05) is 5.32 Å². The van der Waals surface area contributed by atoms with Crippen molar-refractivity contribution in [3.63, 3.8) is 0 Å². The molecule has 3 rings (SSSR count). The molecule has 0 fully saturated rings. The molecule has 0 spiro atoms. The summed E-state index contributed by atoms with van der Waals surface area (Å²) in [4.78, 5) is 29.6. The van der Waals surface area contributed by atoms with Crippen LogP contribution in [0.25, 0.3) is 10.2 Å². The van der Waals surface area contributed by atoms with Crippen LogP contribution in [-0.4, -0.2) is 15.5 Å². The van der Waals surface area contributed by atoms with Gasteiger partial charge in [0.05, 0.1) is 11.7 Å². The summed E-state index contributed by atoms with van der Waals surface area (Å²) < 4.78 is 1.34. The number of fused-ring (bicyclic) bond motifs is 1. The highest BCUT2D eigenvalue weighted by molar-refractivity contribution is 7.16. The van der Waals surface area contributed by atoms with E-state index in [4.69, 9.17) is 0 Å². The monoisotopic (exact) mass is 327 g/mol. The van der Waals surface area contributed by atoms with Gasteiger partial charge in [-0.2, -0.15) is 0 Å². The zero-order valence-corrected chi connectivity index (χ0v) is 13.8. The van der Waals surface area contributed by atoms with Crippen LogP contribution in [0, 0.1) is 6.92 Å². The highest BCUT2D eigenvalue weighted by atomic mass is 32.1. The molecule has 0 saturated heterocycles. The van der Waals surface area contributed by atoms with Crippen LogP contribution in [0.4, 0.5) is 5.69 Å². The number of nitrogens with one attached hydrogen (secondary N) is 1.